The number of carbonyl (C=O) groups is 2. The predicted octanol–water partition coefficient (Wildman–Crippen LogP) is 2.83. The number of carbonyl (C=O) groups excluding carboxylic acids is 1. The molecule has 2 aliphatic heterocycles. The quantitative estimate of drug-likeness (QED) is 0.769. The van der Waals surface area contributed by atoms with Gasteiger partial charge >= 0.3 is 5.97 Å². The molecule has 1 amide bonds. The SMILES string of the molecule is CCOc1ccc(C(=O)N2CCC([C@@H]3OCCC3C(=O)O)CC2)cc1OCC. The Kier molecular flexibility index (Phi) is 6.78. The van der Waals surface area contributed by atoms with Crippen molar-refractivity contribution in [2.75, 3.05) is 32.9 Å². The van der Waals surface area contributed by atoms with Crippen LogP contribution in [-0.2, 0) is 9.53 Å². The third-order valence-electron chi connectivity index (χ3n) is 5.53. The van der Waals surface area contributed by atoms with Gasteiger partial charge < -0.3 is 24.2 Å². The van der Waals surface area contributed by atoms with E-state index in [2.05, 4.69) is 0 Å². The van der Waals surface area contributed by atoms with Crippen LogP contribution in [0.1, 0.15) is 43.5 Å². The largest absolute Gasteiger partial charge is 0.490 e. The molecule has 0 bridgehead atoms. The van der Waals surface area contributed by atoms with Gasteiger partial charge in [-0.1, -0.05) is 0 Å². The number of amides is 1. The van der Waals surface area contributed by atoms with Crippen molar-refractivity contribution in [3.8, 4) is 11.5 Å². The number of benzene rings is 1. The molecule has 0 aromatic heterocycles. The first-order valence-corrected chi connectivity index (χ1v) is 10.1. The number of carboxylic acids is 1. The Morgan fingerprint density at radius 2 is 1.79 bits per heavy atom. The highest BCUT2D eigenvalue weighted by atomic mass is 16.5. The molecule has 2 atom stereocenters. The molecule has 0 radical (unpaired) electrons. The standard InChI is InChI=1S/C21H29NO6/c1-3-26-17-6-5-15(13-18(17)27-4-2)20(23)22-10-7-14(8-11-22)19-16(21(24)25)9-12-28-19/h5-6,13-14,16,19H,3-4,7-12H2,1-2H3,(H,24,25)/t16?,19-/m0/s1. The Morgan fingerprint density at radius 3 is 2.43 bits per heavy atom. The highest BCUT2D eigenvalue weighted by molar-refractivity contribution is 5.95. The van der Waals surface area contributed by atoms with Gasteiger partial charge in [-0.05, 0) is 57.2 Å². The lowest BCUT2D eigenvalue weighted by Crippen LogP contribution is -2.43. The van der Waals surface area contributed by atoms with Gasteiger partial charge in [0.2, 0.25) is 0 Å². The summed E-state index contributed by atoms with van der Waals surface area (Å²) >= 11 is 0. The van der Waals surface area contributed by atoms with E-state index in [9.17, 15) is 14.7 Å². The maximum atomic E-state index is 12.9. The van der Waals surface area contributed by atoms with Gasteiger partial charge in [0.05, 0.1) is 25.2 Å². The monoisotopic (exact) mass is 391 g/mol. The van der Waals surface area contributed by atoms with Crippen molar-refractivity contribution in [2.45, 2.75) is 39.2 Å². The molecule has 154 valence electrons. The van der Waals surface area contributed by atoms with Crippen LogP contribution >= 0.6 is 0 Å². The Morgan fingerprint density at radius 1 is 1.11 bits per heavy atom. The summed E-state index contributed by atoms with van der Waals surface area (Å²) in [5.74, 6) is 0.161. The molecule has 0 saturated carbocycles. The average molecular weight is 391 g/mol. The summed E-state index contributed by atoms with van der Waals surface area (Å²) in [6.45, 7) is 6.54. The normalized spacial score (nSPS) is 22.9. The molecular formula is C21H29NO6. The lowest BCUT2D eigenvalue weighted by molar-refractivity contribution is -0.145. The number of rotatable bonds is 7. The zero-order valence-electron chi connectivity index (χ0n) is 16.6. The number of hydrogen-bond acceptors (Lipinski definition) is 5. The van der Waals surface area contributed by atoms with Crippen molar-refractivity contribution in [1.29, 1.82) is 0 Å². The van der Waals surface area contributed by atoms with Crippen LogP contribution < -0.4 is 9.47 Å². The second kappa shape index (κ2) is 9.28. The molecule has 2 aliphatic rings. The fraction of sp³-hybridized carbons (Fsp3) is 0.619. The first-order chi connectivity index (χ1) is 13.5. The molecule has 0 aliphatic carbocycles. The van der Waals surface area contributed by atoms with Gasteiger partial charge in [0, 0.05) is 25.3 Å². The number of likely N-dealkylation sites (tertiary alicyclic amines) is 1. The van der Waals surface area contributed by atoms with Crippen molar-refractivity contribution in [1.82, 2.24) is 4.90 Å². The topological polar surface area (TPSA) is 85.3 Å². The van der Waals surface area contributed by atoms with E-state index in [1.807, 2.05) is 18.7 Å². The highest BCUT2D eigenvalue weighted by Gasteiger charge is 2.40. The van der Waals surface area contributed by atoms with Crippen molar-refractivity contribution in [2.24, 2.45) is 11.8 Å². The summed E-state index contributed by atoms with van der Waals surface area (Å²) in [7, 11) is 0. The van der Waals surface area contributed by atoms with Crippen LogP contribution in [0.5, 0.6) is 11.5 Å². The van der Waals surface area contributed by atoms with Crippen LogP contribution in [0.3, 0.4) is 0 Å². The molecule has 28 heavy (non-hydrogen) atoms. The van der Waals surface area contributed by atoms with E-state index in [1.54, 1.807) is 18.2 Å². The first kappa shape index (κ1) is 20.5. The molecule has 1 aromatic rings. The molecule has 7 heteroatoms. The number of nitrogens with zero attached hydrogens (tertiary/aromatic N) is 1. The van der Waals surface area contributed by atoms with E-state index in [1.165, 1.54) is 0 Å². The second-order valence-electron chi connectivity index (χ2n) is 7.23. The molecule has 2 fully saturated rings. The van der Waals surface area contributed by atoms with Gasteiger partial charge in [-0.2, -0.15) is 0 Å². The van der Waals surface area contributed by atoms with Gasteiger partial charge in [-0.3, -0.25) is 9.59 Å². The number of carboxylic acid groups (broad SMARTS) is 1. The number of hydrogen-bond donors (Lipinski definition) is 1. The summed E-state index contributed by atoms with van der Waals surface area (Å²) < 4.78 is 16.9. The van der Waals surface area contributed by atoms with Crippen LogP contribution in [-0.4, -0.2) is 60.9 Å². The van der Waals surface area contributed by atoms with Gasteiger partial charge in [0.1, 0.15) is 0 Å². The molecule has 2 saturated heterocycles. The van der Waals surface area contributed by atoms with Gasteiger partial charge in [-0.25, -0.2) is 0 Å². The van der Waals surface area contributed by atoms with E-state index in [4.69, 9.17) is 14.2 Å². The first-order valence-electron chi connectivity index (χ1n) is 10.1. The summed E-state index contributed by atoms with van der Waals surface area (Å²) in [4.78, 5) is 26.2. The molecule has 7 nitrogen and oxygen atoms in total. The van der Waals surface area contributed by atoms with E-state index >= 15 is 0 Å². The number of piperidine rings is 1. The van der Waals surface area contributed by atoms with Crippen molar-refractivity contribution >= 4 is 11.9 Å². The molecular weight excluding hydrogens is 362 g/mol. The Labute approximate surface area is 165 Å². The minimum Gasteiger partial charge on any atom is -0.490 e. The summed E-state index contributed by atoms with van der Waals surface area (Å²) in [6.07, 6.45) is 1.86. The third-order valence-corrected chi connectivity index (χ3v) is 5.53. The van der Waals surface area contributed by atoms with Gasteiger partial charge in [0.25, 0.3) is 5.91 Å². The number of ether oxygens (including phenoxy) is 3. The summed E-state index contributed by atoms with van der Waals surface area (Å²) in [5.41, 5.74) is 0.575. The molecule has 0 spiro atoms. The summed E-state index contributed by atoms with van der Waals surface area (Å²) in [6, 6.07) is 5.28. The van der Waals surface area contributed by atoms with Crippen LogP contribution in [0.2, 0.25) is 0 Å². The minimum atomic E-state index is -0.779. The number of aliphatic carboxylic acids is 1. The Bertz CT molecular complexity index is 698. The van der Waals surface area contributed by atoms with E-state index in [-0.39, 0.29) is 17.9 Å². The minimum absolute atomic E-state index is 0.0374. The van der Waals surface area contributed by atoms with E-state index < -0.39 is 11.9 Å². The van der Waals surface area contributed by atoms with E-state index in [0.717, 1.165) is 12.8 Å². The lowest BCUT2D eigenvalue weighted by Gasteiger charge is -2.35. The highest BCUT2D eigenvalue weighted by Crippen LogP contribution is 2.34. The molecule has 1 N–H and O–H groups in total. The predicted molar refractivity (Wildman–Crippen MR) is 103 cm³/mol. The molecule has 1 unspecified atom stereocenters. The van der Waals surface area contributed by atoms with Crippen LogP contribution in [0.25, 0.3) is 0 Å². The fourth-order valence-electron chi connectivity index (χ4n) is 4.14. The van der Waals surface area contributed by atoms with Crippen LogP contribution in [0, 0.1) is 11.8 Å². The maximum Gasteiger partial charge on any atom is 0.309 e. The van der Waals surface area contributed by atoms with Gasteiger partial charge in [-0.15, -0.1) is 0 Å². The van der Waals surface area contributed by atoms with E-state index in [0.29, 0.717) is 56.4 Å². The van der Waals surface area contributed by atoms with Crippen LogP contribution in [0.15, 0.2) is 18.2 Å². The van der Waals surface area contributed by atoms with Crippen molar-refractivity contribution in [3.05, 3.63) is 23.8 Å². The smallest absolute Gasteiger partial charge is 0.309 e. The Hall–Kier alpha value is -2.28. The third kappa shape index (κ3) is 4.41. The summed E-state index contributed by atoms with van der Waals surface area (Å²) in [5, 5.41) is 9.37. The van der Waals surface area contributed by atoms with Gasteiger partial charge in [0.15, 0.2) is 11.5 Å². The fourth-order valence-corrected chi connectivity index (χ4v) is 4.14. The lowest BCUT2D eigenvalue weighted by atomic mass is 9.84. The second-order valence-corrected chi connectivity index (χ2v) is 7.23. The molecule has 1 aromatic carbocycles. The van der Waals surface area contributed by atoms with Crippen LogP contribution in [0.4, 0.5) is 0 Å². The zero-order valence-corrected chi connectivity index (χ0v) is 16.6. The average Bonchev–Trinajstić information content (AvgIpc) is 3.19. The van der Waals surface area contributed by atoms with Crippen molar-refractivity contribution < 1.29 is 28.9 Å². The molecule has 3 rings (SSSR count). The van der Waals surface area contributed by atoms with Crippen molar-refractivity contribution in [3.63, 3.8) is 0 Å². The maximum absolute atomic E-state index is 12.9. The molecule has 2 heterocycles. The Balaban J connectivity index is 1.63. The zero-order chi connectivity index (χ0) is 20.1.